The fraction of sp³-hybridized carbons (Fsp3) is 0.455. The van der Waals surface area contributed by atoms with Gasteiger partial charge in [-0.15, -0.1) is 11.8 Å². The molecule has 1 aromatic carbocycles. The van der Waals surface area contributed by atoms with Gasteiger partial charge in [0.2, 0.25) is 5.91 Å². The quantitative estimate of drug-likeness (QED) is 0.477. The van der Waals surface area contributed by atoms with Gasteiger partial charge in [0.15, 0.2) is 0 Å². The first kappa shape index (κ1) is 22.7. The lowest BCUT2D eigenvalue weighted by molar-refractivity contribution is -0.151. The van der Waals surface area contributed by atoms with Gasteiger partial charge < -0.3 is 15.2 Å². The fourth-order valence-electron chi connectivity index (χ4n) is 4.66. The number of nitrogens with one attached hydrogen (secondary N) is 1. The van der Waals surface area contributed by atoms with Crippen LogP contribution in [0, 0.1) is 0 Å². The second-order valence-electron chi connectivity index (χ2n) is 8.19. The summed E-state index contributed by atoms with van der Waals surface area (Å²) in [5.74, 6) is -2.19. The number of carboxylic acids is 1. The van der Waals surface area contributed by atoms with Gasteiger partial charge in [-0.25, -0.2) is 4.79 Å². The third-order valence-corrected chi connectivity index (χ3v) is 7.87. The highest BCUT2D eigenvalue weighted by Gasteiger charge is 2.56. The Morgan fingerprint density at radius 2 is 1.91 bits per heavy atom. The van der Waals surface area contributed by atoms with Gasteiger partial charge in [-0.1, -0.05) is 36.6 Å². The summed E-state index contributed by atoms with van der Waals surface area (Å²) < 4.78 is 4.94. The Kier molecular flexibility index (Phi) is 6.22. The maximum atomic E-state index is 13.4. The van der Waals surface area contributed by atoms with E-state index in [1.165, 1.54) is 23.6 Å². The van der Waals surface area contributed by atoms with Crippen molar-refractivity contribution in [1.82, 2.24) is 10.2 Å². The molecule has 2 fully saturated rings. The Morgan fingerprint density at radius 3 is 2.50 bits per heavy atom. The summed E-state index contributed by atoms with van der Waals surface area (Å²) in [6, 6.07) is 6.41. The zero-order valence-electron chi connectivity index (χ0n) is 17.4. The lowest BCUT2D eigenvalue weighted by Crippen LogP contribution is -2.71. The van der Waals surface area contributed by atoms with Crippen LogP contribution in [-0.4, -0.2) is 57.5 Å². The Labute approximate surface area is 194 Å². The lowest BCUT2D eigenvalue weighted by Gasteiger charge is -2.50. The largest absolute Gasteiger partial charge is 0.477 e. The molecule has 3 aliphatic rings. The normalized spacial score (nSPS) is 23.9. The first-order valence-electron chi connectivity index (χ1n) is 10.3. The average Bonchev–Trinajstić information content (AvgIpc) is 3.26. The number of carboxylic acid groups (broad SMARTS) is 1. The molecule has 2 aliphatic heterocycles. The Morgan fingerprint density at radius 1 is 1.25 bits per heavy atom. The summed E-state index contributed by atoms with van der Waals surface area (Å²) in [4.78, 5) is 50.5. The minimum absolute atomic E-state index is 0.168. The molecule has 0 unspecified atom stereocenters. The van der Waals surface area contributed by atoms with Crippen molar-refractivity contribution in [3.63, 3.8) is 0 Å². The molecule has 170 valence electrons. The zero-order valence-corrected chi connectivity index (χ0v) is 19.0. The van der Waals surface area contributed by atoms with E-state index in [1.807, 2.05) is 12.1 Å². The van der Waals surface area contributed by atoms with Gasteiger partial charge in [0, 0.05) is 23.3 Å². The average molecular weight is 479 g/mol. The minimum Gasteiger partial charge on any atom is -0.477 e. The smallest absolute Gasteiger partial charge is 0.352 e. The first-order chi connectivity index (χ1) is 15.2. The number of rotatable bonds is 6. The van der Waals surface area contributed by atoms with Crippen molar-refractivity contribution in [2.45, 2.75) is 49.4 Å². The molecule has 1 aromatic rings. The number of fused-ring (bicyclic) bond motifs is 1. The number of β-lactam (4-membered cyclic amide) rings is 1. The third kappa shape index (κ3) is 3.88. The molecule has 1 saturated heterocycles. The van der Waals surface area contributed by atoms with E-state index in [9.17, 15) is 24.3 Å². The highest BCUT2D eigenvalue weighted by Crippen LogP contribution is 2.44. The number of carbonyl (C=O) groups is 4. The molecule has 32 heavy (non-hydrogen) atoms. The molecule has 4 rings (SSSR count). The monoisotopic (exact) mass is 478 g/mol. The number of benzene rings is 1. The van der Waals surface area contributed by atoms with Gasteiger partial charge >= 0.3 is 11.9 Å². The zero-order chi connectivity index (χ0) is 23.0. The van der Waals surface area contributed by atoms with Gasteiger partial charge in [0.1, 0.15) is 23.7 Å². The van der Waals surface area contributed by atoms with Crippen molar-refractivity contribution >= 4 is 47.1 Å². The first-order valence-corrected chi connectivity index (χ1v) is 11.8. The molecule has 8 nitrogen and oxygen atoms in total. The van der Waals surface area contributed by atoms with E-state index in [2.05, 4.69) is 5.32 Å². The van der Waals surface area contributed by atoms with Crippen molar-refractivity contribution in [1.29, 1.82) is 0 Å². The number of thioether (sulfide) groups is 1. The van der Waals surface area contributed by atoms with Crippen LogP contribution in [0.5, 0.6) is 0 Å². The van der Waals surface area contributed by atoms with E-state index in [0.29, 0.717) is 23.4 Å². The number of halogens is 1. The molecular weight excluding hydrogens is 456 g/mol. The van der Waals surface area contributed by atoms with Gasteiger partial charge in [-0.3, -0.25) is 19.3 Å². The number of nitrogens with zero attached hydrogens (tertiary/aromatic N) is 1. The number of aliphatic carboxylic acids is 1. The number of ether oxygens (including phenoxy) is 1. The van der Waals surface area contributed by atoms with E-state index in [1.54, 1.807) is 12.1 Å². The molecule has 2 amide bonds. The van der Waals surface area contributed by atoms with Crippen LogP contribution in [0.15, 0.2) is 35.5 Å². The molecule has 1 saturated carbocycles. The summed E-state index contributed by atoms with van der Waals surface area (Å²) in [6.45, 7) is 1.05. The minimum atomic E-state index is -1.26. The maximum absolute atomic E-state index is 13.4. The van der Waals surface area contributed by atoms with Crippen LogP contribution in [-0.2, 0) is 29.3 Å². The van der Waals surface area contributed by atoms with Gasteiger partial charge in [-0.05, 0) is 30.5 Å². The van der Waals surface area contributed by atoms with Crippen molar-refractivity contribution in [3.8, 4) is 0 Å². The van der Waals surface area contributed by atoms with Crippen LogP contribution in [0.1, 0.15) is 38.2 Å². The van der Waals surface area contributed by atoms with Crippen LogP contribution < -0.4 is 5.32 Å². The summed E-state index contributed by atoms with van der Waals surface area (Å²) in [5, 5.41) is 12.6. The second-order valence-corrected chi connectivity index (χ2v) is 9.74. The topological polar surface area (TPSA) is 113 Å². The number of hydrogen-bond donors (Lipinski definition) is 2. The SMILES string of the molecule is CC(=O)OCC1=C(C(=O)O)N2C(=O)[C@@H](NC(=O)C3(c4ccc(Cl)cc4)CCCC3)[C@H]2SC1. The van der Waals surface area contributed by atoms with Crippen LogP contribution in [0.3, 0.4) is 0 Å². The predicted octanol–water partition coefficient (Wildman–Crippen LogP) is 2.45. The van der Waals surface area contributed by atoms with Crippen molar-refractivity contribution < 1.29 is 29.0 Å². The standard InChI is InChI=1S/C22H23ClN2O6S/c1-12(26)31-10-13-11-32-19-16(18(27)25(19)17(13)20(28)29)24-21(30)22(8-2-3-9-22)14-4-6-15(23)7-5-14/h4-7,16,19H,2-3,8-11H2,1H3,(H,24,30)(H,28,29)/t16-,19-/m1/s1. The molecule has 0 aromatic heterocycles. The van der Waals surface area contributed by atoms with Crippen LogP contribution in [0.4, 0.5) is 0 Å². The summed E-state index contributed by atoms with van der Waals surface area (Å²) in [5.41, 5.74) is 0.335. The van der Waals surface area contributed by atoms with E-state index in [4.69, 9.17) is 16.3 Å². The Balaban J connectivity index is 1.54. The maximum Gasteiger partial charge on any atom is 0.352 e. The molecule has 0 spiro atoms. The van der Waals surface area contributed by atoms with E-state index >= 15 is 0 Å². The summed E-state index contributed by atoms with van der Waals surface area (Å²) in [7, 11) is 0. The number of hydrogen-bond acceptors (Lipinski definition) is 6. The summed E-state index contributed by atoms with van der Waals surface area (Å²) >= 11 is 7.36. The highest BCUT2D eigenvalue weighted by molar-refractivity contribution is 8.00. The number of carbonyl (C=O) groups excluding carboxylic acids is 3. The molecule has 1 aliphatic carbocycles. The number of esters is 1. The third-order valence-electron chi connectivity index (χ3n) is 6.27. The molecule has 2 N–H and O–H groups in total. The Bertz CT molecular complexity index is 1000. The van der Waals surface area contributed by atoms with Crippen molar-refractivity contribution in [2.24, 2.45) is 0 Å². The lowest BCUT2D eigenvalue weighted by atomic mass is 9.77. The Hall–Kier alpha value is -2.52. The van der Waals surface area contributed by atoms with Crippen molar-refractivity contribution in [3.05, 3.63) is 46.1 Å². The van der Waals surface area contributed by atoms with Gasteiger partial charge in [-0.2, -0.15) is 0 Å². The molecular formula is C22H23ClN2O6S. The molecule has 2 atom stereocenters. The molecule has 2 heterocycles. The van der Waals surface area contributed by atoms with Crippen LogP contribution in [0.2, 0.25) is 5.02 Å². The van der Waals surface area contributed by atoms with E-state index in [0.717, 1.165) is 18.4 Å². The predicted molar refractivity (Wildman–Crippen MR) is 118 cm³/mol. The fourth-order valence-corrected chi connectivity index (χ4v) is 6.11. The van der Waals surface area contributed by atoms with E-state index in [-0.39, 0.29) is 24.0 Å². The molecule has 0 bridgehead atoms. The van der Waals surface area contributed by atoms with Crippen LogP contribution >= 0.6 is 23.4 Å². The second kappa shape index (κ2) is 8.78. The molecule has 0 radical (unpaired) electrons. The van der Waals surface area contributed by atoms with Gasteiger partial charge in [0.25, 0.3) is 5.91 Å². The number of amides is 2. The molecule has 10 heteroatoms. The van der Waals surface area contributed by atoms with Gasteiger partial charge in [0.05, 0.1) is 5.41 Å². The van der Waals surface area contributed by atoms with Crippen LogP contribution in [0.25, 0.3) is 0 Å². The summed E-state index contributed by atoms with van der Waals surface area (Å²) in [6.07, 6.45) is 3.17. The van der Waals surface area contributed by atoms with E-state index < -0.39 is 34.7 Å². The highest BCUT2D eigenvalue weighted by atomic mass is 35.5. The van der Waals surface area contributed by atoms with Crippen molar-refractivity contribution in [2.75, 3.05) is 12.4 Å².